The number of carbonyl (C=O) groups excluding carboxylic acids is 3. The summed E-state index contributed by atoms with van der Waals surface area (Å²) in [6, 6.07) is -3.88. The number of aliphatic carboxylic acids is 3. The largest absolute Gasteiger partial charge is 0.481 e. The SMILES string of the molecule is CSCCC(NC(=O)C(N)CC(=O)O)C(=O)NCC(=O)NC(CCC(=O)O)C(=O)O. The van der Waals surface area contributed by atoms with Crippen LogP contribution in [0.15, 0.2) is 0 Å². The third-order valence-corrected chi connectivity index (χ3v) is 4.32. The van der Waals surface area contributed by atoms with Gasteiger partial charge in [0, 0.05) is 6.42 Å². The van der Waals surface area contributed by atoms with Gasteiger partial charge < -0.3 is 37.0 Å². The maximum atomic E-state index is 12.3. The van der Waals surface area contributed by atoms with Crippen molar-refractivity contribution in [1.29, 1.82) is 0 Å². The number of hydrogen-bond acceptors (Lipinski definition) is 8. The summed E-state index contributed by atoms with van der Waals surface area (Å²) < 4.78 is 0. The first kappa shape index (κ1) is 27.1. The molecule has 0 rings (SSSR count). The van der Waals surface area contributed by atoms with Gasteiger partial charge in [0.15, 0.2) is 0 Å². The van der Waals surface area contributed by atoms with Crippen molar-refractivity contribution in [3.8, 4) is 0 Å². The first-order valence-corrected chi connectivity index (χ1v) is 10.2. The molecule has 3 unspecified atom stereocenters. The molecule has 0 fully saturated rings. The van der Waals surface area contributed by atoms with E-state index >= 15 is 0 Å². The Morgan fingerprint density at radius 1 is 0.900 bits per heavy atom. The Bertz CT molecular complexity index is 659. The number of carbonyl (C=O) groups is 6. The van der Waals surface area contributed by atoms with E-state index in [0.717, 1.165) is 0 Å². The van der Waals surface area contributed by atoms with E-state index in [1.807, 2.05) is 0 Å². The van der Waals surface area contributed by atoms with Gasteiger partial charge in [0.05, 0.1) is 19.0 Å². The summed E-state index contributed by atoms with van der Waals surface area (Å²) in [5.74, 6) is -5.91. The van der Waals surface area contributed by atoms with Crippen LogP contribution in [0.5, 0.6) is 0 Å². The highest BCUT2D eigenvalue weighted by atomic mass is 32.2. The first-order valence-electron chi connectivity index (χ1n) is 8.76. The molecular formula is C16H26N4O9S. The van der Waals surface area contributed by atoms with Gasteiger partial charge in [0.2, 0.25) is 17.7 Å². The molecule has 0 saturated carbocycles. The molecule has 0 aromatic rings. The van der Waals surface area contributed by atoms with Gasteiger partial charge in [-0.1, -0.05) is 0 Å². The van der Waals surface area contributed by atoms with E-state index in [1.165, 1.54) is 11.8 Å². The Kier molecular flexibility index (Phi) is 12.8. The van der Waals surface area contributed by atoms with Crippen LogP contribution in [0.1, 0.15) is 25.7 Å². The highest BCUT2D eigenvalue weighted by Gasteiger charge is 2.26. The minimum Gasteiger partial charge on any atom is -0.481 e. The second-order valence-electron chi connectivity index (χ2n) is 6.16. The normalized spacial score (nSPS) is 13.4. The van der Waals surface area contributed by atoms with Crippen molar-refractivity contribution in [1.82, 2.24) is 16.0 Å². The number of hydrogen-bond donors (Lipinski definition) is 7. The minimum absolute atomic E-state index is 0.177. The number of nitrogens with two attached hydrogens (primary N) is 1. The van der Waals surface area contributed by atoms with Crippen LogP contribution in [0.4, 0.5) is 0 Å². The van der Waals surface area contributed by atoms with Gasteiger partial charge in [0.25, 0.3) is 0 Å². The summed E-state index contributed by atoms with van der Waals surface area (Å²) in [4.78, 5) is 68.4. The summed E-state index contributed by atoms with van der Waals surface area (Å²) in [6.45, 7) is -0.609. The Morgan fingerprint density at radius 3 is 2.03 bits per heavy atom. The molecule has 0 aliphatic rings. The average molecular weight is 450 g/mol. The molecule has 0 saturated heterocycles. The fraction of sp³-hybridized carbons (Fsp3) is 0.625. The zero-order valence-electron chi connectivity index (χ0n) is 16.3. The molecular weight excluding hydrogens is 424 g/mol. The van der Waals surface area contributed by atoms with E-state index in [1.54, 1.807) is 6.26 Å². The van der Waals surface area contributed by atoms with Crippen LogP contribution in [-0.4, -0.2) is 87.6 Å². The monoisotopic (exact) mass is 450 g/mol. The molecule has 0 radical (unpaired) electrons. The minimum atomic E-state index is -1.44. The molecule has 0 aromatic carbocycles. The number of carboxylic acids is 3. The van der Waals surface area contributed by atoms with E-state index in [4.69, 9.17) is 21.1 Å². The zero-order valence-corrected chi connectivity index (χ0v) is 17.1. The molecule has 170 valence electrons. The second kappa shape index (κ2) is 14.2. The lowest BCUT2D eigenvalue weighted by Gasteiger charge is -2.20. The standard InChI is InChI=1S/C16H26N4O9S/c1-30-5-4-9(20-14(26)8(17)6-13(24)25)15(27)18-7-11(21)19-10(16(28)29)2-3-12(22)23/h8-10H,2-7,17H2,1H3,(H,18,27)(H,19,21)(H,20,26)(H,22,23)(H,24,25)(H,28,29). The van der Waals surface area contributed by atoms with Gasteiger partial charge in [-0.2, -0.15) is 11.8 Å². The quantitative estimate of drug-likeness (QED) is 0.139. The van der Waals surface area contributed by atoms with Crippen molar-refractivity contribution >= 4 is 47.4 Å². The lowest BCUT2D eigenvalue weighted by Crippen LogP contribution is -2.54. The molecule has 0 spiro atoms. The fourth-order valence-corrected chi connectivity index (χ4v) is 2.60. The number of thioether (sulfide) groups is 1. The predicted molar refractivity (Wildman–Crippen MR) is 105 cm³/mol. The Labute approximate surface area is 176 Å². The van der Waals surface area contributed by atoms with Crippen molar-refractivity contribution < 1.29 is 44.1 Å². The van der Waals surface area contributed by atoms with Crippen LogP contribution in [0.2, 0.25) is 0 Å². The summed E-state index contributed by atoms with van der Waals surface area (Å²) >= 11 is 1.39. The van der Waals surface area contributed by atoms with E-state index in [-0.39, 0.29) is 12.8 Å². The van der Waals surface area contributed by atoms with Crippen LogP contribution in [0.25, 0.3) is 0 Å². The molecule has 30 heavy (non-hydrogen) atoms. The van der Waals surface area contributed by atoms with Crippen molar-refractivity contribution in [3.05, 3.63) is 0 Å². The molecule has 0 aliphatic heterocycles. The number of amides is 3. The average Bonchev–Trinajstić information content (AvgIpc) is 2.65. The van der Waals surface area contributed by atoms with Gasteiger partial charge in [0.1, 0.15) is 12.1 Å². The van der Waals surface area contributed by atoms with E-state index in [9.17, 15) is 28.8 Å². The van der Waals surface area contributed by atoms with Gasteiger partial charge in [-0.25, -0.2) is 4.79 Å². The molecule has 13 nitrogen and oxygen atoms in total. The van der Waals surface area contributed by atoms with Crippen molar-refractivity contribution in [3.63, 3.8) is 0 Å². The van der Waals surface area contributed by atoms with Gasteiger partial charge in [-0.3, -0.25) is 24.0 Å². The Morgan fingerprint density at radius 2 is 1.53 bits per heavy atom. The molecule has 0 bridgehead atoms. The maximum absolute atomic E-state index is 12.3. The molecule has 0 aliphatic carbocycles. The summed E-state index contributed by atoms with van der Waals surface area (Å²) in [5.41, 5.74) is 5.46. The zero-order chi connectivity index (χ0) is 23.3. The lowest BCUT2D eigenvalue weighted by molar-refractivity contribution is -0.143. The number of rotatable bonds is 15. The van der Waals surface area contributed by atoms with Crippen molar-refractivity contribution in [2.45, 2.75) is 43.8 Å². The third kappa shape index (κ3) is 11.9. The molecule has 8 N–H and O–H groups in total. The first-order chi connectivity index (χ1) is 14.0. The molecule has 14 heteroatoms. The summed E-state index contributed by atoms with van der Waals surface area (Å²) in [6.07, 6.45) is 0.513. The highest BCUT2D eigenvalue weighted by molar-refractivity contribution is 7.98. The van der Waals surface area contributed by atoms with Gasteiger partial charge in [-0.15, -0.1) is 0 Å². The van der Waals surface area contributed by atoms with Crippen LogP contribution in [0.3, 0.4) is 0 Å². The molecule has 3 atom stereocenters. The summed E-state index contributed by atoms with van der Waals surface area (Å²) in [5, 5.41) is 33.0. The van der Waals surface area contributed by atoms with Crippen LogP contribution < -0.4 is 21.7 Å². The topological polar surface area (TPSA) is 225 Å². The van der Waals surface area contributed by atoms with E-state index < -0.39 is 73.1 Å². The van der Waals surface area contributed by atoms with Crippen molar-refractivity contribution in [2.24, 2.45) is 5.73 Å². The second-order valence-corrected chi connectivity index (χ2v) is 7.14. The highest BCUT2D eigenvalue weighted by Crippen LogP contribution is 2.03. The van der Waals surface area contributed by atoms with E-state index in [2.05, 4.69) is 16.0 Å². The van der Waals surface area contributed by atoms with Crippen LogP contribution in [-0.2, 0) is 28.8 Å². The van der Waals surface area contributed by atoms with E-state index in [0.29, 0.717) is 5.75 Å². The van der Waals surface area contributed by atoms with Crippen LogP contribution >= 0.6 is 11.8 Å². The molecule has 0 aromatic heterocycles. The van der Waals surface area contributed by atoms with Gasteiger partial charge in [-0.05, 0) is 24.9 Å². The number of nitrogens with one attached hydrogen (secondary N) is 3. The third-order valence-electron chi connectivity index (χ3n) is 3.68. The number of carboxylic acid groups (broad SMARTS) is 3. The van der Waals surface area contributed by atoms with Gasteiger partial charge >= 0.3 is 17.9 Å². The molecule has 0 heterocycles. The maximum Gasteiger partial charge on any atom is 0.326 e. The molecule has 3 amide bonds. The Hall–Kier alpha value is -2.87. The predicted octanol–water partition coefficient (Wildman–Crippen LogP) is -2.42. The smallest absolute Gasteiger partial charge is 0.326 e. The Balaban J connectivity index is 4.80. The van der Waals surface area contributed by atoms with Crippen LogP contribution in [0, 0.1) is 0 Å². The lowest BCUT2D eigenvalue weighted by atomic mass is 10.1. The fourth-order valence-electron chi connectivity index (χ4n) is 2.13. The van der Waals surface area contributed by atoms with Crippen molar-refractivity contribution in [2.75, 3.05) is 18.6 Å². The summed E-state index contributed by atoms with van der Waals surface area (Å²) in [7, 11) is 0.